The van der Waals surface area contributed by atoms with Crippen LogP contribution < -0.4 is 10.2 Å². The second-order valence-corrected chi connectivity index (χ2v) is 9.51. The maximum atomic E-state index is 13.5. The lowest BCUT2D eigenvalue weighted by atomic mass is 10.1. The van der Waals surface area contributed by atoms with Gasteiger partial charge in [0.2, 0.25) is 0 Å². The molecular formula is C24H17Cl3N2O2S. The quantitative estimate of drug-likeness (QED) is 0.372. The maximum absolute atomic E-state index is 13.5. The molecule has 0 radical (unpaired) electrons. The van der Waals surface area contributed by atoms with Crippen molar-refractivity contribution in [1.29, 1.82) is 0 Å². The molecule has 4 rings (SSSR count). The topological polar surface area (TPSA) is 49.4 Å². The molecule has 4 nitrogen and oxygen atoms in total. The number of rotatable bonds is 5. The number of aryl methyl sites for hydroxylation is 1. The first-order chi connectivity index (χ1) is 15.3. The van der Waals surface area contributed by atoms with E-state index < -0.39 is 11.8 Å². The molecule has 0 atom stereocenters. The number of nitrogens with zero attached hydrogens (tertiary/aromatic N) is 1. The molecule has 8 heteroatoms. The third-order valence-corrected chi connectivity index (χ3v) is 7.16. The van der Waals surface area contributed by atoms with Gasteiger partial charge in [-0.1, -0.05) is 58.7 Å². The Bertz CT molecular complexity index is 1270. The van der Waals surface area contributed by atoms with Gasteiger partial charge in [0.15, 0.2) is 0 Å². The van der Waals surface area contributed by atoms with Crippen LogP contribution in [0.4, 0.5) is 11.4 Å². The van der Waals surface area contributed by atoms with E-state index >= 15 is 0 Å². The lowest BCUT2D eigenvalue weighted by Crippen LogP contribution is -2.33. The van der Waals surface area contributed by atoms with E-state index in [0.717, 1.165) is 16.0 Å². The van der Waals surface area contributed by atoms with Crippen molar-refractivity contribution in [3.8, 4) is 0 Å². The summed E-state index contributed by atoms with van der Waals surface area (Å²) in [6.45, 7) is 3.83. The van der Waals surface area contributed by atoms with Crippen LogP contribution in [-0.2, 0) is 9.59 Å². The summed E-state index contributed by atoms with van der Waals surface area (Å²) in [5.41, 5.74) is 3.13. The molecule has 1 N–H and O–H groups in total. The molecule has 1 heterocycles. The van der Waals surface area contributed by atoms with Crippen molar-refractivity contribution in [3.63, 3.8) is 0 Å². The standard InChI is InChI=1S/C24H17Cl3N2O2S/c1-13-4-3-5-20(14(13)2)29-23(30)21(28-16-8-11-18(26)19(27)12-16)22(24(29)31)32-17-9-6-15(25)7-10-17/h3-12,28H,1-2H3. The van der Waals surface area contributed by atoms with Crippen LogP contribution in [-0.4, -0.2) is 11.8 Å². The molecule has 1 aliphatic heterocycles. The molecule has 0 aliphatic carbocycles. The third kappa shape index (κ3) is 4.39. The van der Waals surface area contributed by atoms with Crippen molar-refractivity contribution in [2.75, 3.05) is 10.2 Å². The third-order valence-electron chi connectivity index (χ3n) is 5.08. The zero-order chi connectivity index (χ0) is 23.0. The summed E-state index contributed by atoms with van der Waals surface area (Å²) in [5.74, 6) is -0.836. The summed E-state index contributed by atoms with van der Waals surface area (Å²) in [6.07, 6.45) is 0. The Balaban J connectivity index is 1.78. The average molecular weight is 504 g/mol. The van der Waals surface area contributed by atoms with Gasteiger partial charge in [-0.15, -0.1) is 0 Å². The van der Waals surface area contributed by atoms with Crippen LogP contribution in [0.15, 0.2) is 76.2 Å². The van der Waals surface area contributed by atoms with Crippen LogP contribution in [0, 0.1) is 13.8 Å². The highest BCUT2D eigenvalue weighted by Gasteiger charge is 2.41. The van der Waals surface area contributed by atoms with Gasteiger partial charge in [0.25, 0.3) is 11.8 Å². The summed E-state index contributed by atoms with van der Waals surface area (Å²) in [7, 11) is 0. The number of nitrogens with one attached hydrogen (secondary N) is 1. The van der Waals surface area contributed by atoms with Crippen LogP contribution in [0.25, 0.3) is 0 Å². The predicted molar refractivity (Wildman–Crippen MR) is 133 cm³/mol. The van der Waals surface area contributed by atoms with Crippen molar-refractivity contribution in [3.05, 3.63) is 97.5 Å². The number of thioether (sulfide) groups is 1. The van der Waals surface area contributed by atoms with Gasteiger partial charge in [0, 0.05) is 15.6 Å². The highest BCUT2D eigenvalue weighted by atomic mass is 35.5. The first kappa shape index (κ1) is 22.7. The fourth-order valence-electron chi connectivity index (χ4n) is 3.25. The highest BCUT2D eigenvalue weighted by molar-refractivity contribution is 8.04. The monoisotopic (exact) mass is 502 g/mol. The van der Waals surface area contributed by atoms with Crippen LogP contribution in [0.3, 0.4) is 0 Å². The summed E-state index contributed by atoms with van der Waals surface area (Å²) < 4.78 is 0. The van der Waals surface area contributed by atoms with Gasteiger partial charge in [-0.3, -0.25) is 9.59 Å². The summed E-state index contributed by atoms with van der Waals surface area (Å²) in [6, 6.07) is 17.5. The van der Waals surface area contributed by atoms with Crippen molar-refractivity contribution in [2.24, 2.45) is 0 Å². The number of carbonyl (C=O) groups excluding carboxylic acids is 2. The molecule has 0 saturated carbocycles. The Kier molecular flexibility index (Phi) is 6.54. The molecule has 3 aromatic carbocycles. The smallest absolute Gasteiger partial charge is 0.283 e. The molecule has 1 aliphatic rings. The Hall–Kier alpha value is -2.44. The van der Waals surface area contributed by atoms with Crippen molar-refractivity contribution in [1.82, 2.24) is 0 Å². The molecule has 162 valence electrons. The van der Waals surface area contributed by atoms with E-state index in [9.17, 15) is 9.59 Å². The minimum absolute atomic E-state index is 0.175. The molecule has 0 bridgehead atoms. The van der Waals surface area contributed by atoms with Gasteiger partial charge < -0.3 is 5.32 Å². The maximum Gasteiger partial charge on any atom is 0.283 e. The number of amides is 2. The van der Waals surface area contributed by atoms with Crippen LogP contribution >= 0.6 is 46.6 Å². The molecular weight excluding hydrogens is 487 g/mol. The average Bonchev–Trinajstić information content (AvgIpc) is 2.98. The second-order valence-electron chi connectivity index (χ2n) is 7.18. The van der Waals surface area contributed by atoms with Gasteiger partial charge in [-0.05, 0) is 73.5 Å². The lowest BCUT2D eigenvalue weighted by molar-refractivity contribution is -0.120. The van der Waals surface area contributed by atoms with E-state index in [1.807, 2.05) is 26.0 Å². The Morgan fingerprint density at radius 3 is 2.25 bits per heavy atom. The minimum atomic E-state index is -0.439. The minimum Gasteiger partial charge on any atom is -0.350 e. The largest absolute Gasteiger partial charge is 0.350 e. The number of hydrogen-bond donors (Lipinski definition) is 1. The van der Waals surface area contributed by atoms with E-state index in [1.54, 1.807) is 48.5 Å². The van der Waals surface area contributed by atoms with Crippen molar-refractivity contribution >= 4 is 69.8 Å². The first-order valence-corrected chi connectivity index (χ1v) is 11.6. The van der Waals surface area contributed by atoms with E-state index in [-0.39, 0.29) is 10.6 Å². The van der Waals surface area contributed by atoms with E-state index in [0.29, 0.717) is 26.4 Å². The van der Waals surface area contributed by atoms with Gasteiger partial charge in [-0.25, -0.2) is 4.90 Å². The number of benzene rings is 3. The SMILES string of the molecule is Cc1cccc(N2C(=O)C(Nc3ccc(Cl)c(Cl)c3)=C(Sc3ccc(Cl)cc3)C2=O)c1C. The lowest BCUT2D eigenvalue weighted by Gasteiger charge is -2.19. The van der Waals surface area contributed by atoms with E-state index in [1.165, 1.54) is 16.7 Å². The van der Waals surface area contributed by atoms with Crippen molar-refractivity contribution in [2.45, 2.75) is 18.7 Å². The van der Waals surface area contributed by atoms with Crippen LogP contribution in [0.5, 0.6) is 0 Å². The van der Waals surface area contributed by atoms with Crippen LogP contribution in [0.1, 0.15) is 11.1 Å². The number of imide groups is 1. The summed E-state index contributed by atoms with van der Waals surface area (Å²) in [5, 5.41) is 4.40. The fraction of sp³-hybridized carbons (Fsp3) is 0.0833. The molecule has 0 spiro atoms. The summed E-state index contributed by atoms with van der Waals surface area (Å²) in [4.78, 5) is 29.2. The van der Waals surface area contributed by atoms with Crippen LogP contribution in [0.2, 0.25) is 15.1 Å². The number of carbonyl (C=O) groups is 2. The Morgan fingerprint density at radius 1 is 0.844 bits per heavy atom. The normalized spacial score (nSPS) is 13.8. The van der Waals surface area contributed by atoms with E-state index in [4.69, 9.17) is 34.8 Å². The Morgan fingerprint density at radius 2 is 1.56 bits per heavy atom. The molecule has 0 unspecified atom stereocenters. The molecule has 2 amide bonds. The van der Waals surface area contributed by atoms with E-state index in [2.05, 4.69) is 5.32 Å². The summed E-state index contributed by atoms with van der Waals surface area (Å²) >= 11 is 19.4. The fourth-order valence-corrected chi connectivity index (χ4v) is 4.60. The second kappa shape index (κ2) is 9.20. The Labute approximate surface area is 205 Å². The van der Waals surface area contributed by atoms with Gasteiger partial charge in [0.05, 0.1) is 15.7 Å². The highest BCUT2D eigenvalue weighted by Crippen LogP contribution is 2.39. The molecule has 0 fully saturated rings. The number of anilines is 2. The zero-order valence-corrected chi connectivity index (χ0v) is 20.2. The number of hydrogen-bond acceptors (Lipinski definition) is 4. The van der Waals surface area contributed by atoms with Crippen molar-refractivity contribution < 1.29 is 9.59 Å². The zero-order valence-electron chi connectivity index (χ0n) is 17.1. The molecule has 0 saturated heterocycles. The predicted octanol–water partition coefficient (Wildman–Crippen LogP) is 7.25. The number of halogens is 3. The van der Waals surface area contributed by atoms with Gasteiger partial charge in [-0.2, -0.15) is 0 Å². The molecule has 0 aromatic heterocycles. The first-order valence-electron chi connectivity index (χ1n) is 9.61. The molecule has 32 heavy (non-hydrogen) atoms. The van der Waals surface area contributed by atoms with Gasteiger partial charge >= 0.3 is 0 Å². The van der Waals surface area contributed by atoms with Gasteiger partial charge in [0.1, 0.15) is 10.6 Å². The molecule has 3 aromatic rings.